The van der Waals surface area contributed by atoms with Gasteiger partial charge in [0.25, 0.3) is 0 Å². The average molecular weight is 314 g/mol. The minimum Gasteiger partial charge on any atom is -0.379 e. The normalized spacial score (nSPS) is 26.0. The van der Waals surface area contributed by atoms with Crippen LogP contribution in [-0.4, -0.2) is 72.2 Å². The van der Waals surface area contributed by atoms with Gasteiger partial charge in [-0.15, -0.1) is 0 Å². The molecule has 7 nitrogen and oxygen atoms in total. The Balaban J connectivity index is 1.64. The summed E-state index contributed by atoms with van der Waals surface area (Å²) in [4.78, 5) is 9.27. The monoisotopic (exact) mass is 314 g/mol. The largest absolute Gasteiger partial charge is 0.379 e. The van der Waals surface area contributed by atoms with Crippen LogP contribution in [-0.2, 0) is 21.3 Å². The van der Waals surface area contributed by atoms with E-state index in [4.69, 9.17) is 4.74 Å². The van der Waals surface area contributed by atoms with Crippen molar-refractivity contribution in [2.24, 2.45) is 0 Å². The van der Waals surface area contributed by atoms with Crippen LogP contribution in [0.3, 0.4) is 0 Å². The molecule has 0 aromatic carbocycles. The Bertz CT molecular complexity index is 540. The second kappa shape index (κ2) is 6.43. The number of nitrogens with zero attached hydrogens (tertiary/aromatic N) is 3. The highest BCUT2D eigenvalue weighted by molar-refractivity contribution is 7.89. The molecule has 2 aliphatic heterocycles. The van der Waals surface area contributed by atoms with Crippen LogP contribution >= 0.6 is 0 Å². The van der Waals surface area contributed by atoms with Crippen molar-refractivity contribution in [3.8, 4) is 0 Å². The Kier molecular flexibility index (Phi) is 4.58. The van der Waals surface area contributed by atoms with Gasteiger partial charge in [-0.2, -0.15) is 4.31 Å². The van der Waals surface area contributed by atoms with Crippen LogP contribution in [0.2, 0.25) is 0 Å². The molecule has 8 heteroatoms. The van der Waals surface area contributed by atoms with Gasteiger partial charge < -0.3 is 9.72 Å². The summed E-state index contributed by atoms with van der Waals surface area (Å²) in [5, 5.41) is -0.299. The molecule has 2 saturated heterocycles. The summed E-state index contributed by atoms with van der Waals surface area (Å²) in [6.07, 6.45) is 5.11. The Morgan fingerprint density at radius 3 is 2.86 bits per heavy atom. The topological polar surface area (TPSA) is 78.5 Å². The molecule has 21 heavy (non-hydrogen) atoms. The van der Waals surface area contributed by atoms with Gasteiger partial charge in [-0.25, -0.2) is 13.4 Å². The summed E-state index contributed by atoms with van der Waals surface area (Å²) >= 11 is 0. The third-order valence-corrected chi connectivity index (χ3v) is 6.47. The maximum atomic E-state index is 12.7. The molecule has 0 aliphatic carbocycles. The second-order valence-electron chi connectivity index (χ2n) is 5.63. The van der Waals surface area contributed by atoms with Crippen LogP contribution in [0.15, 0.2) is 12.5 Å². The van der Waals surface area contributed by atoms with Crippen molar-refractivity contribution in [3.05, 3.63) is 18.2 Å². The van der Waals surface area contributed by atoms with E-state index in [-0.39, 0.29) is 5.25 Å². The fraction of sp³-hybridized carbons (Fsp3) is 0.769. The van der Waals surface area contributed by atoms with Crippen LogP contribution in [0.1, 0.15) is 18.5 Å². The molecule has 1 aromatic heterocycles. The van der Waals surface area contributed by atoms with Gasteiger partial charge in [-0.1, -0.05) is 0 Å². The van der Waals surface area contributed by atoms with Crippen molar-refractivity contribution in [1.29, 1.82) is 0 Å². The van der Waals surface area contributed by atoms with Gasteiger partial charge in [0, 0.05) is 38.1 Å². The Morgan fingerprint density at radius 1 is 1.33 bits per heavy atom. The van der Waals surface area contributed by atoms with E-state index in [1.165, 1.54) is 0 Å². The maximum Gasteiger partial charge on any atom is 0.218 e. The molecule has 0 radical (unpaired) electrons. The van der Waals surface area contributed by atoms with Gasteiger partial charge in [0.2, 0.25) is 10.0 Å². The zero-order chi connectivity index (χ0) is 14.7. The molecular weight excluding hydrogens is 292 g/mol. The van der Waals surface area contributed by atoms with Gasteiger partial charge in [0.05, 0.1) is 24.8 Å². The SMILES string of the molecule is O=S(=O)([C@@H]1CCCN(Cc2cnc[nH]2)C1)N1CCOCC1. The quantitative estimate of drug-likeness (QED) is 0.849. The lowest BCUT2D eigenvalue weighted by atomic mass is 10.1. The lowest BCUT2D eigenvalue weighted by Crippen LogP contribution is -2.50. The number of rotatable bonds is 4. The number of H-pyrrole nitrogens is 1. The predicted molar refractivity (Wildman–Crippen MR) is 78.2 cm³/mol. The number of aromatic amines is 1. The number of ether oxygens (including phenoxy) is 1. The molecule has 0 saturated carbocycles. The van der Waals surface area contributed by atoms with Crippen molar-refractivity contribution >= 4 is 10.0 Å². The molecule has 3 heterocycles. The number of sulfonamides is 1. The van der Waals surface area contributed by atoms with Crippen molar-refractivity contribution in [1.82, 2.24) is 19.2 Å². The van der Waals surface area contributed by atoms with Crippen LogP contribution in [0, 0.1) is 0 Å². The van der Waals surface area contributed by atoms with Gasteiger partial charge in [-0.05, 0) is 19.4 Å². The van der Waals surface area contributed by atoms with E-state index >= 15 is 0 Å². The second-order valence-corrected chi connectivity index (χ2v) is 7.85. The minimum atomic E-state index is -3.21. The molecular formula is C13H22N4O3S. The summed E-state index contributed by atoms with van der Waals surface area (Å²) in [7, 11) is -3.21. The number of likely N-dealkylation sites (tertiary alicyclic amines) is 1. The standard InChI is InChI=1S/C13H22N4O3S/c18-21(19,17-4-6-20-7-5-17)13-2-1-3-16(10-13)9-12-8-14-11-15-12/h8,11,13H,1-7,9-10H2,(H,14,15)/t13-/m1/s1. The van der Waals surface area contributed by atoms with Crippen molar-refractivity contribution in [2.45, 2.75) is 24.6 Å². The van der Waals surface area contributed by atoms with Crippen LogP contribution in [0.4, 0.5) is 0 Å². The first-order valence-electron chi connectivity index (χ1n) is 7.42. The number of imidazole rings is 1. The van der Waals surface area contributed by atoms with E-state index in [0.29, 0.717) is 32.8 Å². The Morgan fingerprint density at radius 2 is 2.14 bits per heavy atom. The molecule has 0 bridgehead atoms. The van der Waals surface area contributed by atoms with Crippen molar-refractivity contribution in [3.63, 3.8) is 0 Å². The van der Waals surface area contributed by atoms with Crippen LogP contribution < -0.4 is 0 Å². The summed E-state index contributed by atoms with van der Waals surface area (Å²) < 4.78 is 32.3. The van der Waals surface area contributed by atoms with Gasteiger partial charge in [0.15, 0.2) is 0 Å². The number of hydrogen-bond donors (Lipinski definition) is 1. The van der Waals surface area contributed by atoms with E-state index in [2.05, 4.69) is 14.9 Å². The highest BCUT2D eigenvalue weighted by Gasteiger charge is 2.35. The molecule has 118 valence electrons. The van der Waals surface area contributed by atoms with Crippen molar-refractivity contribution in [2.75, 3.05) is 39.4 Å². The van der Waals surface area contributed by atoms with Crippen LogP contribution in [0.5, 0.6) is 0 Å². The van der Waals surface area contributed by atoms with E-state index in [1.54, 1.807) is 16.8 Å². The Labute approximate surface area is 125 Å². The highest BCUT2D eigenvalue weighted by Crippen LogP contribution is 2.22. The number of piperidine rings is 1. The first kappa shape index (κ1) is 15.0. The lowest BCUT2D eigenvalue weighted by Gasteiger charge is -2.36. The fourth-order valence-corrected chi connectivity index (χ4v) is 4.97. The predicted octanol–water partition coefficient (Wildman–Crippen LogP) is 0.0361. The molecule has 0 unspecified atom stereocenters. The first-order valence-corrected chi connectivity index (χ1v) is 8.93. The summed E-state index contributed by atoms with van der Waals surface area (Å²) in [5.41, 5.74) is 1.03. The number of nitrogens with one attached hydrogen (secondary N) is 1. The number of morpholine rings is 1. The molecule has 1 atom stereocenters. The molecule has 0 spiro atoms. The number of hydrogen-bond acceptors (Lipinski definition) is 5. The summed E-state index contributed by atoms with van der Waals surface area (Å²) in [6, 6.07) is 0. The first-order chi connectivity index (χ1) is 10.2. The van der Waals surface area contributed by atoms with E-state index < -0.39 is 10.0 Å². The summed E-state index contributed by atoms with van der Waals surface area (Å²) in [5.74, 6) is 0. The zero-order valence-corrected chi connectivity index (χ0v) is 12.9. The van der Waals surface area contributed by atoms with Crippen molar-refractivity contribution < 1.29 is 13.2 Å². The summed E-state index contributed by atoms with van der Waals surface area (Å²) in [6.45, 7) is 4.24. The fourth-order valence-electron chi connectivity index (χ4n) is 3.02. The number of aromatic nitrogens is 2. The molecule has 1 aromatic rings. The zero-order valence-electron chi connectivity index (χ0n) is 12.1. The van der Waals surface area contributed by atoms with E-state index in [1.807, 2.05) is 0 Å². The van der Waals surface area contributed by atoms with Gasteiger partial charge in [0.1, 0.15) is 0 Å². The minimum absolute atomic E-state index is 0.299. The average Bonchev–Trinajstić information content (AvgIpc) is 3.01. The lowest BCUT2D eigenvalue weighted by molar-refractivity contribution is 0.0719. The molecule has 1 N–H and O–H groups in total. The molecule has 0 amide bonds. The van der Waals surface area contributed by atoms with E-state index in [0.717, 1.165) is 31.6 Å². The maximum absolute atomic E-state index is 12.7. The van der Waals surface area contributed by atoms with E-state index in [9.17, 15) is 8.42 Å². The highest BCUT2D eigenvalue weighted by atomic mass is 32.2. The molecule has 2 aliphatic rings. The molecule has 2 fully saturated rings. The Hall–Kier alpha value is -0.960. The van der Waals surface area contributed by atoms with Gasteiger partial charge >= 0.3 is 0 Å². The smallest absolute Gasteiger partial charge is 0.218 e. The van der Waals surface area contributed by atoms with Gasteiger partial charge in [-0.3, -0.25) is 4.90 Å². The third kappa shape index (κ3) is 3.45. The molecule has 3 rings (SSSR count). The third-order valence-electron chi connectivity index (χ3n) is 4.16. The van der Waals surface area contributed by atoms with Crippen LogP contribution in [0.25, 0.3) is 0 Å².